The van der Waals surface area contributed by atoms with Crippen LogP contribution in [0, 0.1) is 27.7 Å². The summed E-state index contributed by atoms with van der Waals surface area (Å²) in [5.74, 6) is -0.305. The number of carbonyl (C=O) groups is 1. The summed E-state index contributed by atoms with van der Waals surface area (Å²) in [4.78, 5) is 29.4. The van der Waals surface area contributed by atoms with E-state index in [9.17, 15) is 9.59 Å². The number of aromatic amines is 1. The molecule has 5 N–H and O–H groups in total. The van der Waals surface area contributed by atoms with E-state index in [1.54, 1.807) is 10.9 Å². The van der Waals surface area contributed by atoms with Crippen LogP contribution in [0.15, 0.2) is 59.9 Å². The molecule has 0 spiro atoms. The average Bonchev–Trinajstić information content (AvgIpc) is 3.37. The van der Waals surface area contributed by atoms with Crippen molar-refractivity contribution in [1.82, 2.24) is 29.5 Å². The molecule has 3 aromatic heterocycles. The van der Waals surface area contributed by atoms with Gasteiger partial charge in [0.15, 0.2) is 5.65 Å². The number of nitrogen functional groups attached to an aromatic ring is 1. The average molecular weight is 471 g/mol. The Morgan fingerprint density at radius 2 is 1.34 bits per heavy atom. The van der Waals surface area contributed by atoms with E-state index in [0.717, 1.165) is 33.6 Å². The van der Waals surface area contributed by atoms with E-state index in [-0.39, 0.29) is 16.9 Å². The molecule has 5 rings (SSSR count). The first-order valence-corrected chi connectivity index (χ1v) is 10.9. The Kier molecular flexibility index (Phi) is 6.20. The number of fused-ring (bicyclic) bond motifs is 1. The SMILES string of the molecule is Cc1cc(C)cc(-n2ncc(C(N)=O)c2N)c1.Cc1cc(C)cc(-n2ncc3c(=O)[nH]cnc32)c1. The number of hydrogen-bond donors (Lipinski definition) is 3. The molecule has 178 valence electrons. The van der Waals surface area contributed by atoms with Crippen molar-refractivity contribution in [3.8, 4) is 11.4 Å². The van der Waals surface area contributed by atoms with E-state index in [1.165, 1.54) is 17.2 Å². The van der Waals surface area contributed by atoms with Gasteiger partial charge in [0.05, 0.1) is 30.1 Å². The summed E-state index contributed by atoms with van der Waals surface area (Å²) in [7, 11) is 0. The lowest BCUT2D eigenvalue weighted by Gasteiger charge is -2.07. The predicted octanol–water partition coefficient (Wildman–Crippen LogP) is 2.90. The molecule has 35 heavy (non-hydrogen) atoms. The highest BCUT2D eigenvalue weighted by Gasteiger charge is 2.13. The summed E-state index contributed by atoms with van der Waals surface area (Å²) < 4.78 is 3.20. The molecule has 0 saturated heterocycles. The first-order valence-electron chi connectivity index (χ1n) is 10.9. The zero-order valence-corrected chi connectivity index (χ0v) is 19.9. The van der Waals surface area contributed by atoms with Crippen molar-refractivity contribution in [3.63, 3.8) is 0 Å². The van der Waals surface area contributed by atoms with Gasteiger partial charge in [-0.2, -0.15) is 10.2 Å². The van der Waals surface area contributed by atoms with Gasteiger partial charge >= 0.3 is 0 Å². The highest BCUT2D eigenvalue weighted by atomic mass is 16.1. The number of nitrogens with two attached hydrogens (primary N) is 2. The summed E-state index contributed by atoms with van der Waals surface area (Å²) in [5.41, 5.74) is 17.9. The number of amides is 1. The largest absolute Gasteiger partial charge is 0.383 e. The van der Waals surface area contributed by atoms with Gasteiger partial charge in [0.1, 0.15) is 16.8 Å². The lowest BCUT2D eigenvalue weighted by atomic mass is 10.1. The summed E-state index contributed by atoms with van der Waals surface area (Å²) in [6.07, 6.45) is 4.32. The van der Waals surface area contributed by atoms with Gasteiger partial charge in [0.25, 0.3) is 11.5 Å². The van der Waals surface area contributed by atoms with Crippen LogP contribution in [0.2, 0.25) is 0 Å². The molecule has 0 aliphatic heterocycles. The number of H-pyrrole nitrogens is 1. The van der Waals surface area contributed by atoms with E-state index in [4.69, 9.17) is 11.5 Å². The Morgan fingerprint density at radius 3 is 1.86 bits per heavy atom. The smallest absolute Gasteiger partial charge is 0.261 e. The molecule has 0 radical (unpaired) electrons. The highest BCUT2D eigenvalue weighted by Crippen LogP contribution is 2.19. The second-order valence-corrected chi connectivity index (χ2v) is 8.44. The molecule has 0 bridgehead atoms. The van der Waals surface area contributed by atoms with Crippen LogP contribution < -0.4 is 17.0 Å². The van der Waals surface area contributed by atoms with E-state index >= 15 is 0 Å². The molecule has 3 heterocycles. The van der Waals surface area contributed by atoms with E-state index in [1.807, 2.05) is 52.0 Å². The number of nitrogens with zero attached hydrogens (tertiary/aromatic N) is 5. The number of primary amides is 1. The maximum atomic E-state index is 11.6. The quantitative estimate of drug-likeness (QED) is 0.369. The minimum absolute atomic E-state index is 0.171. The standard InChI is InChI=1S/C13H12N4O.C12H14N4O/c1-8-3-9(2)5-10(4-8)17-12-11(6-16-17)13(18)15-7-14-12;1-7-3-8(2)5-9(4-7)16-11(13)10(6-15-16)12(14)17/h3-7H,1-2H3,(H,14,15,18);3-6H,13H2,1-2H3,(H2,14,17). The third-order valence-corrected chi connectivity index (χ3v) is 5.34. The highest BCUT2D eigenvalue weighted by molar-refractivity contribution is 5.97. The second kappa shape index (κ2) is 9.26. The van der Waals surface area contributed by atoms with Gasteiger partial charge in [-0.3, -0.25) is 9.59 Å². The number of aryl methyl sites for hydroxylation is 4. The van der Waals surface area contributed by atoms with Crippen LogP contribution in [0.1, 0.15) is 32.6 Å². The van der Waals surface area contributed by atoms with Crippen molar-refractivity contribution >= 4 is 22.8 Å². The number of aromatic nitrogens is 6. The van der Waals surface area contributed by atoms with Gasteiger partial charge in [0, 0.05) is 0 Å². The summed E-state index contributed by atoms with van der Waals surface area (Å²) >= 11 is 0. The Hall–Kier alpha value is -4.73. The molecule has 1 amide bonds. The van der Waals surface area contributed by atoms with Crippen LogP contribution >= 0.6 is 0 Å². The molecule has 10 nitrogen and oxygen atoms in total. The third kappa shape index (κ3) is 4.81. The van der Waals surface area contributed by atoms with Crippen LogP contribution in [-0.2, 0) is 0 Å². The molecule has 2 aromatic carbocycles. The molecule has 0 fully saturated rings. The Balaban J connectivity index is 0.000000165. The first-order chi connectivity index (χ1) is 16.6. The van der Waals surface area contributed by atoms with Gasteiger partial charge in [0.2, 0.25) is 0 Å². The number of benzene rings is 2. The van der Waals surface area contributed by atoms with E-state index < -0.39 is 5.91 Å². The van der Waals surface area contributed by atoms with Crippen LogP contribution in [0.5, 0.6) is 0 Å². The third-order valence-electron chi connectivity index (χ3n) is 5.34. The number of nitrogens with one attached hydrogen (secondary N) is 1. The van der Waals surface area contributed by atoms with Gasteiger partial charge in [-0.25, -0.2) is 14.3 Å². The maximum absolute atomic E-state index is 11.6. The summed E-state index contributed by atoms with van der Waals surface area (Å²) in [5, 5.41) is 8.82. The van der Waals surface area contributed by atoms with Crippen molar-refractivity contribution in [3.05, 3.63) is 93.3 Å². The number of rotatable bonds is 3. The zero-order valence-electron chi connectivity index (χ0n) is 19.9. The maximum Gasteiger partial charge on any atom is 0.261 e. The monoisotopic (exact) mass is 470 g/mol. The van der Waals surface area contributed by atoms with E-state index in [0.29, 0.717) is 11.0 Å². The lowest BCUT2D eigenvalue weighted by molar-refractivity contribution is 0.100. The number of anilines is 1. The normalized spacial score (nSPS) is 10.7. The topological polar surface area (TPSA) is 150 Å². The van der Waals surface area contributed by atoms with Crippen LogP contribution in [0.3, 0.4) is 0 Å². The van der Waals surface area contributed by atoms with Gasteiger partial charge in [-0.05, 0) is 74.2 Å². The molecule has 0 unspecified atom stereocenters. The fourth-order valence-corrected chi connectivity index (χ4v) is 3.94. The Bertz CT molecular complexity index is 1570. The molecule has 5 aromatic rings. The van der Waals surface area contributed by atoms with Gasteiger partial charge in [-0.15, -0.1) is 0 Å². The lowest BCUT2D eigenvalue weighted by Crippen LogP contribution is -2.13. The van der Waals surface area contributed by atoms with Crippen molar-refractivity contribution < 1.29 is 4.79 Å². The fraction of sp³-hybridized carbons (Fsp3) is 0.160. The fourth-order valence-electron chi connectivity index (χ4n) is 3.94. The Morgan fingerprint density at radius 1 is 0.829 bits per heavy atom. The predicted molar refractivity (Wildman–Crippen MR) is 135 cm³/mol. The number of carbonyl (C=O) groups excluding carboxylic acids is 1. The minimum atomic E-state index is -0.571. The molecule has 0 aliphatic carbocycles. The minimum Gasteiger partial charge on any atom is -0.383 e. The summed E-state index contributed by atoms with van der Waals surface area (Å²) in [6, 6.07) is 12.1. The van der Waals surface area contributed by atoms with Crippen molar-refractivity contribution in [2.24, 2.45) is 5.73 Å². The van der Waals surface area contributed by atoms with Gasteiger partial charge in [-0.1, -0.05) is 12.1 Å². The zero-order chi connectivity index (χ0) is 25.3. The van der Waals surface area contributed by atoms with Crippen molar-refractivity contribution in [1.29, 1.82) is 0 Å². The van der Waals surface area contributed by atoms with Crippen molar-refractivity contribution in [2.75, 3.05) is 5.73 Å². The second-order valence-electron chi connectivity index (χ2n) is 8.44. The van der Waals surface area contributed by atoms with Crippen LogP contribution in [-0.4, -0.2) is 35.4 Å². The van der Waals surface area contributed by atoms with Gasteiger partial charge < -0.3 is 16.5 Å². The molecule has 0 saturated carbocycles. The van der Waals surface area contributed by atoms with Crippen LogP contribution in [0.4, 0.5) is 5.82 Å². The molecular formula is C25H26N8O2. The molecule has 0 atom stereocenters. The van der Waals surface area contributed by atoms with Crippen molar-refractivity contribution in [2.45, 2.75) is 27.7 Å². The molecule has 10 heteroatoms. The summed E-state index contributed by atoms with van der Waals surface area (Å²) in [6.45, 7) is 8.04. The van der Waals surface area contributed by atoms with E-state index in [2.05, 4.69) is 32.3 Å². The number of hydrogen-bond acceptors (Lipinski definition) is 6. The van der Waals surface area contributed by atoms with Crippen LogP contribution in [0.25, 0.3) is 22.4 Å². The first kappa shape index (κ1) is 23.4. The Labute approximate surface area is 201 Å². The molecule has 0 aliphatic rings. The molecular weight excluding hydrogens is 444 g/mol.